The minimum atomic E-state index is 0.0947. The molecular weight excluding hydrogens is 416 g/mol. The minimum Gasteiger partial charge on any atom is -0.423 e. The van der Waals surface area contributed by atoms with Crippen LogP contribution in [0.1, 0.15) is 115 Å². The molecular formula is C31H42N2O. The Morgan fingerprint density at radius 1 is 0.676 bits per heavy atom. The molecule has 0 radical (unpaired) electrons. The first-order chi connectivity index (χ1) is 16.8. The first-order valence-electron chi connectivity index (χ1n) is 13.8. The van der Waals surface area contributed by atoms with Gasteiger partial charge in [-0.25, -0.2) is 0 Å². The Hall–Kier alpha value is -2.42. The van der Waals surface area contributed by atoms with Crippen molar-refractivity contribution in [3.63, 3.8) is 0 Å². The summed E-state index contributed by atoms with van der Waals surface area (Å²) in [6, 6.07) is 15.9. The van der Waals surface area contributed by atoms with Gasteiger partial charge in [0.15, 0.2) is 0 Å². The molecule has 0 atom stereocenters. The molecule has 0 saturated carbocycles. The SMILES string of the molecule is CCCCCCCCC1(CCCCCCCC)c2ccccc2-c2ccc(-c3nnco3)cc21. The summed E-state index contributed by atoms with van der Waals surface area (Å²) < 4.78 is 5.57. The van der Waals surface area contributed by atoms with Gasteiger partial charge in [0.2, 0.25) is 12.3 Å². The van der Waals surface area contributed by atoms with E-state index in [1.165, 1.54) is 119 Å². The molecule has 182 valence electrons. The highest BCUT2D eigenvalue weighted by atomic mass is 16.4. The standard InChI is InChI=1S/C31H42N2O/c1-3-5-7-9-11-15-21-31(22-16-12-10-8-6-4-2)28-18-14-13-17-26(28)27-20-19-25(23-29(27)31)30-33-32-24-34-30/h13-14,17-20,23-24H,3-12,15-16,21-22H2,1-2H3. The Morgan fingerprint density at radius 2 is 1.29 bits per heavy atom. The lowest BCUT2D eigenvalue weighted by Gasteiger charge is -2.33. The van der Waals surface area contributed by atoms with E-state index in [0.29, 0.717) is 5.89 Å². The largest absolute Gasteiger partial charge is 0.423 e. The van der Waals surface area contributed by atoms with Gasteiger partial charge in [0.25, 0.3) is 0 Å². The van der Waals surface area contributed by atoms with Gasteiger partial charge in [-0.3, -0.25) is 0 Å². The quantitative estimate of drug-likeness (QED) is 0.213. The maximum Gasteiger partial charge on any atom is 0.247 e. The topological polar surface area (TPSA) is 38.9 Å². The van der Waals surface area contributed by atoms with Crippen LogP contribution in [0.5, 0.6) is 0 Å². The van der Waals surface area contributed by atoms with Gasteiger partial charge in [0, 0.05) is 11.0 Å². The number of hydrogen-bond acceptors (Lipinski definition) is 3. The molecule has 1 heterocycles. The van der Waals surface area contributed by atoms with Crippen LogP contribution in [0.4, 0.5) is 0 Å². The summed E-state index contributed by atoms with van der Waals surface area (Å²) in [6.45, 7) is 4.59. The van der Waals surface area contributed by atoms with E-state index in [-0.39, 0.29) is 5.41 Å². The number of unbranched alkanes of at least 4 members (excludes halogenated alkanes) is 10. The summed E-state index contributed by atoms with van der Waals surface area (Å²) in [5.74, 6) is 0.617. The highest BCUT2D eigenvalue weighted by molar-refractivity contribution is 5.83. The van der Waals surface area contributed by atoms with Crippen LogP contribution in [0.25, 0.3) is 22.6 Å². The number of rotatable bonds is 15. The van der Waals surface area contributed by atoms with Crippen LogP contribution < -0.4 is 0 Å². The van der Waals surface area contributed by atoms with Gasteiger partial charge in [0.1, 0.15) is 0 Å². The first-order valence-corrected chi connectivity index (χ1v) is 13.8. The maximum atomic E-state index is 5.57. The molecule has 0 aliphatic heterocycles. The molecule has 0 N–H and O–H groups in total. The van der Waals surface area contributed by atoms with Crippen LogP contribution in [0, 0.1) is 0 Å². The zero-order valence-electron chi connectivity index (χ0n) is 21.3. The molecule has 0 fully saturated rings. The molecule has 4 rings (SSSR count). The van der Waals surface area contributed by atoms with Gasteiger partial charge in [-0.15, -0.1) is 10.2 Å². The third kappa shape index (κ3) is 5.45. The molecule has 0 saturated heterocycles. The molecule has 3 nitrogen and oxygen atoms in total. The number of nitrogens with zero attached hydrogens (tertiary/aromatic N) is 2. The number of hydrogen-bond donors (Lipinski definition) is 0. The molecule has 1 aliphatic carbocycles. The Morgan fingerprint density at radius 3 is 1.94 bits per heavy atom. The average molecular weight is 459 g/mol. The summed E-state index contributed by atoms with van der Waals surface area (Å²) >= 11 is 0. The zero-order valence-corrected chi connectivity index (χ0v) is 21.3. The number of fused-ring (bicyclic) bond motifs is 3. The Bertz CT molecular complexity index is 992. The Kier molecular flexibility index (Phi) is 8.96. The van der Waals surface area contributed by atoms with Gasteiger partial charge >= 0.3 is 0 Å². The second-order valence-corrected chi connectivity index (χ2v) is 10.2. The minimum absolute atomic E-state index is 0.0947. The van der Waals surface area contributed by atoms with Crippen molar-refractivity contribution in [3.05, 3.63) is 60.0 Å². The van der Waals surface area contributed by atoms with Crippen molar-refractivity contribution in [2.24, 2.45) is 0 Å². The molecule has 0 bridgehead atoms. The van der Waals surface area contributed by atoms with Gasteiger partial charge in [0.05, 0.1) is 0 Å². The van der Waals surface area contributed by atoms with Crippen molar-refractivity contribution in [3.8, 4) is 22.6 Å². The Labute approximate surface area is 206 Å². The predicted octanol–water partition coefficient (Wildman–Crippen LogP) is 9.50. The summed E-state index contributed by atoms with van der Waals surface area (Å²) in [5, 5.41) is 8.12. The van der Waals surface area contributed by atoms with E-state index in [1.807, 2.05) is 0 Å². The smallest absolute Gasteiger partial charge is 0.247 e. The van der Waals surface area contributed by atoms with Gasteiger partial charge < -0.3 is 4.42 Å². The van der Waals surface area contributed by atoms with Crippen molar-refractivity contribution in [2.45, 2.75) is 109 Å². The molecule has 2 aromatic carbocycles. The van der Waals surface area contributed by atoms with Crippen LogP contribution in [0.2, 0.25) is 0 Å². The summed E-state index contributed by atoms with van der Waals surface area (Å²) in [4.78, 5) is 0. The summed E-state index contributed by atoms with van der Waals surface area (Å²) in [5.41, 5.74) is 6.97. The van der Waals surface area contributed by atoms with Crippen LogP contribution in [-0.4, -0.2) is 10.2 Å². The van der Waals surface area contributed by atoms with Crippen molar-refractivity contribution >= 4 is 0 Å². The van der Waals surface area contributed by atoms with E-state index in [2.05, 4.69) is 66.5 Å². The zero-order chi connectivity index (χ0) is 23.6. The van der Waals surface area contributed by atoms with E-state index < -0.39 is 0 Å². The molecule has 0 unspecified atom stereocenters. The van der Waals surface area contributed by atoms with Gasteiger partial charge in [-0.05, 0) is 47.2 Å². The van der Waals surface area contributed by atoms with E-state index in [4.69, 9.17) is 4.42 Å². The van der Waals surface area contributed by atoms with Crippen molar-refractivity contribution in [1.29, 1.82) is 0 Å². The second-order valence-electron chi connectivity index (χ2n) is 10.2. The monoisotopic (exact) mass is 458 g/mol. The fraction of sp³-hybridized carbons (Fsp3) is 0.548. The van der Waals surface area contributed by atoms with Crippen LogP contribution >= 0.6 is 0 Å². The second kappa shape index (κ2) is 12.3. The highest BCUT2D eigenvalue weighted by Crippen LogP contribution is 2.54. The third-order valence-electron chi connectivity index (χ3n) is 7.79. The molecule has 1 aromatic heterocycles. The van der Waals surface area contributed by atoms with E-state index in [0.717, 1.165) is 5.56 Å². The Balaban J connectivity index is 1.63. The fourth-order valence-electron chi connectivity index (χ4n) is 5.97. The molecule has 1 aliphatic rings. The van der Waals surface area contributed by atoms with Crippen molar-refractivity contribution < 1.29 is 4.42 Å². The van der Waals surface area contributed by atoms with Crippen LogP contribution in [0.15, 0.2) is 53.3 Å². The average Bonchev–Trinajstić information content (AvgIpc) is 3.50. The van der Waals surface area contributed by atoms with Crippen molar-refractivity contribution in [2.75, 3.05) is 0 Å². The first kappa shape index (κ1) is 24.7. The van der Waals surface area contributed by atoms with E-state index >= 15 is 0 Å². The highest BCUT2D eigenvalue weighted by Gasteiger charge is 2.42. The molecule has 0 amide bonds. The lowest BCUT2D eigenvalue weighted by atomic mass is 9.70. The molecule has 3 heteroatoms. The van der Waals surface area contributed by atoms with Crippen LogP contribution in [0.3, 0.4) is 0 Å². The lowest BCUT2D eigenvalue weighted by molar-refractivity contribution is 0.398. The van der Waals surface area contributed by atoms with Gasteiger partial charge in [-0.2, -0.15) is 0 Å². The summed E-state index contributed by atoms with van der Waals surface area (Å²) in [6.07, 6.45) is 19.9. The summed E-state index contributed by atoms with van der Waals surface area (Å²) in [7, 11) is 0. The maximum absolute atomic E-state index is 5.57. The van der Waals surface area contributed by atoms with Crippen molar-refractivity contribution in [1.82, 2.24) is 10.2 Å². The normalized spacial score (nSPS) is 13.7. The van der Waals surface area contributed by atoms with E-state index in [9.17, 15) is 0 Å². The molecule has 34 heavy (non-hydrogen) atoms. The van der Waals surface area contributed by atoms with E-state index in [1.54, 1.807) is 0 Å². The molecule has 3 aromatic rings. The van der Waals surface area contributed by atoms with Crippen LogP contribution in [-0.2, 0) is 5.41 Å². The third-order valence-corrected chi connectivity index (χ3v) is 7.79. The van der Waals surface area contributed by atoms with Gasteiger partial charge in [-0.1, -0.05) is 121 Å². The predicted molar refractivity (Wildman–Crippen MR) is 142 cm³/mol. The lowest BCUT2D eigenvalue weighted by Crippen LogP contribution is -2.25. The fourth-order valence-corrected chi connectivity index (χ4v) is 5.97. The molecule has 0 spiro atoms. The number of benzene rings is 2. The number of aromatic nitrogens is 2.